The van der Waals surface area contributed by atoms with Gasteiger partial charge in [0.1, 0.15) is 11.8 Å². The van der Waals surface area contributed by atoms with Crippen molar-refractivity contribution < 1.29 is 17.9 Å². The molecule has 0 saturated carbocycles. The number of nitrogen functional groups attached to an aromatic ring is 1. The molecule has 0 aliphatic rings. The quantitative estimate of drug-likeness (QED) is 0.608. The lowest BCUT2D eigenvalue weighted by Gasteiger charge is -2.10. The number of hydrogen-bond acceptors (Lipinski definition) is 6. The van der Waals surface area contributed by atoms with Crippen LogP contribution in [0.2, 0.25) is 0 Å². The van der Waals surface area contributed by atoms with Crippen LogP contribution in [0.5, 0.6) is 0 Å². The largest absolute Gasteiger partial charge is 0.466 e. The zero-order chi connectivity index (χ0) is 19.5. The van der Waals surface area contributed by atoms with Gasteiger partial charge in [0.05, 0.1) is 12.4 Å². The predicted molar refractivity (Wildman–Crippen MR) is 98.9 cm³/mol. The van der Waals surface area contributed by atoms with Gasteiger partial charge in [0.25, 0.3) is 0 Å². The third kappa shape index (κ3) is 4.64. The Hall–Kier alpha value is -2.79. The number of carbonyl (C=O) groups is 1. The summed E-state index contributed by atoms with van der Waals surface area (Å²) in [4.78, 5) is 11.0. The zero-order valence-electron chi connectivity index (χ0n) is 14.9. The summed E-state index contributed by atoms with van der Waals surface area (Å²) in [6.45, 7) is 1.47. The average molecular weight is 375 g/mol. The maximum Gasteiger partial charge on any atom is 0.302 e. The Morgan fingerprint density at radius 3 is 2.62 bits per heavy atom. The van der Waals surface area contributed by atoms with Crippen LogP contribution in [0, 0.1) is 11.3 Å². The van der Waals surface area contributed by atoms with Gasteiger partial charge in [-0.05, 0) is 23.3 Å². The number of ether oxygens (including phenoxy) is 1. The first-order valence-electron chi connectivity index (χ1n) is 7.90. The lowest BCUT2D eigenvalue weighted by Crippen LogP contribution is -2.05. The summed E-state index contributed by atoms with van der Waals surface area (Å²) < 4.78 is 29.8. The van der Waals surface area contributed by atoms with Crippen molar-refractivity contribution in [3.05, 3.63) is 41.2 Å². The molecule has 0 amide bonds. The molecule has 0 radical (unpaired) electrons. The summed E-state index contributed by atoms with van der Waals surface area (Å²) in [5.74, 6) is -0.489. The van der Waals surface area contributed by atoms with Crippen molar-refractivity contribution in [3.8, 4) is 17.2 Å². The van der Waals surface area contributed by atoms with Crippen molar-refractivity contribution in [3.63, 3.8) is 0 Å². The van der Waals surface area contributed by atoms with Crippen LogP contribution < -0.4 is 5.73 Å². The van der Waals surface area contributed by atoms with Gasteiger partial charge in [0.15, 0.2) is 9.84 Å². The molecule has 2 aromatic rings. The highest BCUT2D eigenvalue weighted by Crippen LogP contribution is 2.33. The van der Waals surface area contributed by atoms with E-state index in [1.165, 1.54) is 13.2 Å². The fourth-order valence-corrected chi connectivity index (χ4v) is 3.62. The van der Waals surface area contributed by atoms with Crippen molar-refractivity contribution in [2.75, 3.05) is 18.6 Å². The summed E-state index contributed by atoms with van der Waals surface area (Å²) in [7, 11) is -1.44. The van der Waals surface area contributed by atoms with E-state index >= 15 is 0 Å². The number of rotatable bonds is 6. The first kappa shape index (κ1) is 19.5. The van der Waals surface area contributed by atoms with Gasteiger partial charge >= 0.3 is 5.97 Å². The Labute approximate surface area is 152 Å². The summed E-state index contributed by atoms with van der Waals surface area (Å²) in [6, 6.07) is 7.21. The molecule has 2 rings (SSSR count). The van der Waals surface area contributed by atoms with E-state index in [1.54, 1.807) is 36.0 Å². The highest BCUT2D eigenvalue weighted by atomic mass is 32.2. The molecule has 1 heterocycles. The van der Waals surface area contributed by atoms with Gasteiger partial charge in [-0.15, -0.1) is 0 Å². The second-order valence-electron chi connectivity index (χ2n) is 6.17. The number of aromatic nitrogens is 1. The third-order valence-corrected chi connectivity index (χ3v) is 4.74. The smallest absolute Gasteiger partial charge is 0.302 e. The number of nitriles is 1. The van der Waals surface area contributed by atoms with E-state index in [0.29, 0.717) is 34.5 Å². The van der Waals surface area contributed by atoms with Gasteiger partial charge in [-0.2, -0.15) is 5.26 Å². The molecule has 8 heteroatoms. The van der Waals surface area contributed by atoms with E-state index in [2.05, 4.69) is 6.07 Å². The Morgan fingerprint density at radius 2 is 2.04 bits per heavy atom. The zero-order valence-corrected chi connectivity index (χ0v) is 15.8. The number of benzene rings is 1. The number of hydrogen-bond donors (Lipinski definition) is 1. The molecule has 0 fully saturated rings. The first-order chi connectivity index (χ1) is 12.1. The van der Waals surface area contributed by atoms with Crippen LogP contribution in [0.3, 0.4) is 0 Å². The van der Waals surface area contributed by atoms with E-state index in [-0.39, 0.29) is 12.4 Å². The van der Waals surface area contributed by atoms with Crippen molar-refractivity contribution in [2.24, 2.45) is 7.05 Å². The number of nitrogens with two attached hydrogens (primary N) is 1. The Bertz CT molecular complexity index is 985. The standard InChI is InChI=1S/C18H21N3O4S/c1-12(22)25-7-6-14-16(10-21(2)18(14)9-19)15-8-13(4-5-17(15)20)11-26(3,23)24/h4-5,8,10H,6-7,11,20H2,1-3H3. The van der Waals surface area contributed by atoms with Crippen molar-refractivity contribution in [1.82, 2.24) is 4.57 Å². The van der Waals surface area contributed by atoms with E-state index in [1.807, 2.05) is 0 Å². The lowest BCUT2D eigenvalue weighted by atomic mass is 9.98. The van der Waals surface area contributed by atoms with E-state index in [4.69, 9.17) is 10.5 Å². The van der Waals surface area contributed by atoms with Crippen LogP contribution in [-0.4, -0.2) is 31.8 Å². The fourth-order valence-electron chi connectivity index (χ4n) is 2.83. The first-order valence-corrected chi connectivity index (χ1v) is 9.96. The maximum absolute atomic E-state index is 11.6. The summed E-state index contributed by atoms with van der Waals surface area (Å²) in [5, 5.41) is 9.46. The maximum atomic E-state index is 11.6. The third-order valence-electron chi connectivity index (χ3n) is 3.89. The van der Waals surface area contributed by atoms with Gasteiger partial charge in [0, 0.05) is 49.7 Å². The SMILES string of the molecule is CC(=O)OCCc1c(-c2cc(CS(C)(=O)=O)ccc2N)cn(C)c1C#N. The Balaban J connectivity index is 2.52. The number of anilines is 1. The van der Waals surface area contributed by atoms with Crippen molar-refractivity contribution >= 4 is 21.5 Å². The number of carbonyl (C=O) groups excluding carboxylic acids is 1. The molecule has 1 aromatic heterocycles. The summed E-state index contributed by atoms with van der Waals surface area (Å²) in [5.41, 5.74) is 9.73. The van der Waals surface area contributed by atoms with Gasteiger partial charge in [-0.25, -0.2) is 8.42 Å². The highest BCUT2D eigenvalue weighted by molar-refractivity contribution is 7.89. The average Bonchev–Trinajstić information content (AvgIpc) is 2.83. The van der Waals surface area contributed by atoms with Crippen LogP contribution in [-0.2, 0) is 38.6 Å². The molecule has 2 N–H and O–H groups in total. The second kappa shape index (κ2) is 7.62. The number of aryl methyl sites for hydroxylation is 1. The lowest BCUT2D eigenvalue weighted by molar-refractivity contribution is -0.140. The summed E-state index contributed by atoms with van der Waals surface area (Å²) in [6.07, 6.45) is 3.30. The van der Waals surface area contributed by atoms with Crippen molar-refractivity contribution in [2.45, 2.75) is 19.1 Å². The van der Waals surface area contributed by atoms with Crippen LogP contribution >= 0.6 is 0 Å². The minimum atomic E-state index is -3.19. The molecule has 0 aliphatic heterocycles. The number of esters is 1. The molecule has 0 saturated heterocycles. The van der Waals surface area contributed by atoms with Crippen LogP contribution in [0.4, 0.5) is 5.69 Å². The molecule has 0 bridgehead atoms. The number of nitrogens with zero attached hydrogens (tertiary/aromatic N) is 2. The van der Waals surface area contributed by atoms with E-state index < -0.39 is 15.8 Å². The molecule has 1 aromatic carbocycles. The normalized spacial score (nSPS) is 11.2. The molecule has 0 unspecified atom stereocenters. The van der Waals surface area contributed by atoms with E-state index in [9.17, 15) is 18.5 Å². The number of sulfone groups is 1. The van der Waals surface area contributed by atoms with Gasteiger partial charge in [0.2, 0.25) is 0 Å². The van der Waals surface area contributed by atoms with E-state index in [0.717, 1.165) is 5.56 Å². The van der Waals surface area contributed by atoms with Gasteiger partial charge in [-0.3, -0.25) is 4.79 Å². The molecule has 0 atom stereocenters. The van der Waals surface area contributed by atoms with Crippen LogP contribution in [0.15, 0.2) is 24.4 Å². The van der Waals surface area contributed by atoms with Gasteiger partial charge < -0.3 is 15.0 Å². The van der Waals surface area contributed by atoms with Crippen LogP contribution in [0.1, 0.15) is 23.7 Å². The minimum absolute atomic E-state index is 0.0962. The van der Waals surface area contributed by atoms with Crippen molar-refractivity contribution in [1.29, 1.82) is 5.26 Å². The molecule has 138 valence electrons. The molecule has 7 nitrogen and oxygen atoms in total. The second-order valence-corrected chi connectivity index (χ2v) is 8.31. The van der Waals surface area contributed by atoms with Gasteiger partial charge in [-0.1, -0.05) is 6.07 Å². The predicted octanol–water partition coefficient (Wildman–Crippen LogP) is 1.80. The molecular weight excluding hydrogens is 354 g/mol. The topological polar surface area (TPSA) is 115 Å². The highest BCUT2D eigenvalue weighted by Gasteiger charge is 2.18. The molecule has 0 aliphatic carbocycles. The monoisotopic (exact) mass is 375 g/mol. The minimum Gasteiger partial charge on any atom is -0.466 e. The van der Waals surface area contributed by atoms with Crippen LogP contribution in [0.25, 0.3) is 11.1 Å². The molecular formula is C18H21N3O4S. The Kier molecular flexibility index (Phi) is 5.73. The molecule has 0 spiro atoms. The fraction of sp³-hybridized carbons (Fsp3) is 0.333. The summed E-state index contributed by atoms with van der Waals surface area (Å²) >= 11 is 0. The molecule has 26 heavy (non-hydrogen) atoms. The Morgan fingerprint density at radius 1 is 1.35 bits per heavy atom.